The summed E-state index contributed by atoms with van der Waals surface area (Å²) in [5, 5.41) is 2.76. The lowest BCUT2D eigenvalue weighted by Crippen LogP contribution is -2.34. The van der Waals surface area contributed by atoms with Crippen LogP contribution in [0.4, 0.5) is 10.2 Å². The van der Waals surface area contributed by atoms with Crippen LogP contribution in [0.2, 0.25) is 0 Å². The van der Waals surface area contributed by atoms with Crippen molar-refractivity contribution in [1.82, 2.24) is 4.98 Å². The van der Waals surface area contributed by atoms with Crippen LogP contribution in [0.1, 0.15) is 24.5 Å². The summed E-state index contributed by atoms with van der Waals surface area (Å²) in [6.45, 7) is 1.71. The van der Waals surface area contributed by atoms with E-state index in [2.05, 4.69) is 15.3 Å². The van der Waals surface area contributed by atoms with Gasteiger partial charge in [0.1, 0.15) is 28.9 Å². The number of hydrogen-bond acceptors (Lipinski definition) is 5. The molecule has 1 aromatic heterocycles. The molecule has 0 fully saturated rings. The third kappa shape index (κ3) is 3.76. The lowest BCUT2D eigenvalue weighted by atomic mass is 9.95. The number of alkyl halides is 1. The maximum absolute atomic E-state index is 13.1. The molecule has 2 aliphatic heterocycles. The van der Waals surface area contributed by atoms with Crippen molar-refractivity contribution in [2.75, 3.05) is 11.9 Å². The first-order valence-electron chi connectivity index (χ1n) is 9.18. The number of nitrogens with one attached hydrogen (secondary N) is 1. The van der Waals surface area contributed by atoms with Crippen LogP contribution in [-0.2, 0) is 17.6 Å². The van der Waals surface area contributed by atoms with Gasteiger partial charge in [-0.3, -0.25) is 4.79 Å². The number of carbonyl (C=O) groups is 1. The molecule has 8 heteroatoms. The third-order valence-corrected chi connectivity index (χ3v) is 4.78. The highest BCUT2D eigenvalue weighted by Crippen LogP contribution is 2.36. The Hall–Kier alpha value is -3.16. The lowest BCUT2D eigenvalue weighted by molar-refractivity contribution is -0.116. The van der Waals surface area contributed by atoms with Crippen LogP contribution in [0.15, 0.2) is 35.5 Å². The van der Waals surface area contributed by atoms with Gasteiger partial charge in [-0.1, -0.05) is 0 Å². The lowest BCUT2D eigenvalue weighted by Gasteiger charge is -2.25. The number of amides is 1. The summed E-state index contributed by atoms with van der Waals surface area (Å²) in [5.41, 5.74) is 7.72. The van der Waals surface area contributed by atoms with Crippen molar-refractivity contribution in [1.29, 1.82) is 0 Å². The van der Waals surface area contributed by atoms with E-state index in [9.17, 15) is 9.18 Å². The highest BCUT2D eigenvalue weighted by atomic mass is 19.1. The van der Waals surface area contributed by atoms with E-state index in [1.807, 2.05) is 18.2 Å². The number of aromatic nitrogens is 1. The number of nitrogens with two attached hydrogens (primary N) is 1. The minimum Gasteiger partial charge on any atom is -0.493 e. The van der Waals surface area contributed by atoms with Gasteiger partial charge in [-0.25, -0.2) is 14.4 Å². The number of carbonyl (C=O) groups excluding carboxylic acids is 1. The van der Waals surface area contributed by atoms with Crippen LogP contribution in [-0.4, -0.2) is 29.6 Å². The van der Waals surface area contributed by atoms with Crippen molar-refractivity contribution in [3.63, 3.8) is 0 Å². The largest absolute Gasteiger partial charge is 0.493 e. The van der Waals surface area contributed by atoms with Crippen molar-refractivity contribution in [2.45, 2.75) is 32.5 Å². The number of halogens is 1. The van der Waals surface area contributed by atoms with Gasteiger partial charge < -0.3 is 20.5 Å². The van der Waals surface area contributed by atoms with Gasteiger partial charge in [-0.15, -0.1) is 0 Å². The number of ether oxygens (including phenoxy) is 2. The van der Waals surface area contributed by atoms with Crippen LogP contribution in [0.25, 0.3) is 0 Å². The first kappa shape index (κ1) is 18.2. The summed E-state index contributed by atoms with van der Waals surface area (Å²) in [4.78, 5) is 19.6. The fourth-order valence-electron chi connectivity index (χ4n) is 3.41. The van der Waals surface area contributed by atoms with Crippen LogP contribution >= 0.6 is 0 Å². The second-order valence-electron chi connectivity index (χ2n) is 6.90. The van der Waals surface area contributed by atoms with Gasteiger partial charge in [0.25, 0.3) is 0 Å². The average Bonchev–Trinajstić information content (AvgIpc) is 2.67. The molecule has 2 aromatic rings. The van der Waals surface area contributed by atoms with Crippen LogP contribution in [0.3, 0.4) is 0 Å². The maximum Gasteiger partial charge on any atom is 0.225 e. The maximum atomic E-state index is 13.1. The van der Waals surface area contributed by atoms with E-state index in [0.717, 1.165) is 16.9 Å². The van der Waals surface area contributed by atoms with Crippen molar-refractivity contribution in [3.05, 3.63) is 41.6 Å². The Morgan fingerprint density at radius 3 is 3.11 bits per heavy atom. The number of anilines is 1. The molecule has 3 N–H and O–H groups in total. The number of pyridine rings is 1. The standard InChI is InChI=1S/C20H21FN4O3/c1-11(21)24-19(22)13-8-12-9-14(2-4-16(12)27-10-13)28-17-6-7-23-20-15(17)3-5-18(26)25-20/h2,4,6-7,9,11,13H,3,5,8,10H2,1H3,(H2,22,24)(H,23,25,26)/t11?,13-/m1/s1. The molecule has 1 unspecified atom stereocenters. The number of aliphatic imine (C=N–C) groups is 1. The number of amidine groups is 1. The fraction of sp³-hybridized carbons (Fsp3) is 0.350. The average molecular weight is 384 g/mol. The van der Waals surface area contributed by atoms with Gasteiger partial charge in [0, 0.05) is 18.2 Å². The Labute approximate surface area is 161 Å². The fourth-order valence-corrected chi connectivity index (χ4v) is 3.41. The van der Waals surface area contributed by atoms with Gasteiger partial charge in [0.2, 0.25) is 5.91 Å². The summed E-state index contributed by atoms with van der Waals surface area (Å²) < 4.78 is 24.9. The van der Waals surface area contributed by atoms with Crippen molar-refractivity contribution in [3.8, 4) is 17.2 Å². The van der Waals surface area contributed by atoms with E-state index < -0.39 is 6.30 Å². The summed E-state index contributed by atoms with van der Waals surface area (Å²) in [7, 11) is 0. The van der Waals surface area contributed by atoms with E-state index >= 15 is 0 Å². The molecule has 2 atom stereocenters. The quantitative estimate of drug-likeness (QED) is 0.480. The highest BCUT2D eigenvalue weighted by Gasteiger charge is 2.25. The summed E-state index contributed by atoms with van der Waals surface area (Å²) in [6.07, 6.45) is 1.84. The zero-order valence-corrected chi connectivity index (χ0v) is 15.4. The molecule has 1 amide bonds. The minimum atomic E-state index is -1.34. The predicted molar refractivity (Wildman–Crippen MR) is 103 cm³/mol. The van der Waals surface area contributed by atoms with Gasteiger partial charge >= 0.3 is 0 Å². The van der Waals surface area contributed by atoms with Crippen molar-refractivity contribution in [2.24, 2.45) is 16.6 Å². The monoisotopic (exact) mass is 384 g/mol. The van der Waals surface area contributed by atoms with Crippen LogP contribution in [0.5, 0.6) is 17.2 Å². The molecule has 2 aliphatic rings. The number of rotatable bonds is 4. The van der Waals surface area contributed by atoms with Gasteiger partial charge in [0.15, 0.2) is 6.30 Å². The second-order valence-corrected chi connectivity index (χ2v) is 6.90. The van der Waals surface area contributed by atoms with Gasteiger partial charge in [-0.2, -0.15) is 0 Å². The zero-order chi connectivity index (χ0) is 19.7. The predicted octanol–water partition coefficient (Wildman–Crippen LogP) is 2.98. The molecule has 0 spiro atoms. The molecule has 0 saturated heterocycles. The Morgan fingerprint density at radius 1 is 1.43 bits per heavy atom. The van der Waals surface area contributed by atoms with Crippen molar-refractivity contribution >= 4 is 17.6 Å². The summed E-state index contributed by atoms with van der Waals surface area (Å²) >= 11 is 0. The summed E-state index contributed by atoms with van der Waals surface area (Å²) in [5.74, 6) is 2.63. The number of nitrogens with zero attached hydrogens (tertiary/aromatic N) is 2. The number of benzene rings is 1. The van der Waals surface area contributed by atoms with E-state index in [1.165, 1.54) is 6.92 Å². The topological polar surface area (TPSA) is 98.8 Å². The van der Waals surface area contributed by atoms with Gasteiger partial charge in [0.05, 0.1) is 12.5 Å². The third-order valence-electron chi connectivity index (χ3n) is 4.78. The molecule has 4 rings (SSSR count). The van der Waals surface area contributed by atoms with Gasteiger partial charge in [-0.05, 0) is 49.6 Å². The second kappa shape index (κ2) is 7.46. The summed E-state index contributed by atoms with van der Waals surface area (Å²) in [6, 6.07) is 7.35. The SMILES string of the molecule is CC(F)N=C(N)[C@H]1COc2ccc(Oc3ccnc4c3CCC(=O)N4)cc2C1. The molecule has 28 heavy (non-hydrogen) atoms. The number of hydrogen-bond donors (Lipinski definition) is 2. The van der Waals surface area contributed by atoms with Crippen LogP contribution < -0.4 is 20.5 Å². The van der Waals surface area contributed by atoms with E-state index in [1.54, 1.807) is 12.3 Å². The van der Waals surface area contributed by atoms with E-state index in [4.69, 9.17) is 15.2 Å². The molecule has 7 nitrogen and oxygen atoms in total. The number of fused-ring (bicyclic) bond motifs is 2. The Balaban J connectivity index is 1.56. The molecular weight excluding hydrogens is 363 g/mol. The molecule has 1 aromatic carbocycles. The smallest absolute Gasteiger partial charge is 0.225 e. The zero-order valence-electron chi connectivity index (χ0n) is 15.4. The first-order chi connectivity index (χ1) is 13.5. The molecule has 0 saturated carbocycles. The Kier molecular flexibility index (Phi) is 4.85. The molecule has 3 heterocycles. The molecule has 146 valence electrons. The van der Waals surface area contributed by atoms with Crippen LogP contribution in [0, 0.1) is 5.92 Å². The van der Waals surface area contributed by atoms with E-state index in [0.29, 0.717) is 43.2 Å². The molecular formula is C20H21FN4O3. The minimum absolute atomic E-state index is 0.0454. The first-order valence-corrected chi connectivity index (χ1v) is 9.18. The normalized spacial score (nSPS) is 19.7. The highest BCUT2D eigenvalue weighted by molar-refractivity contribution is 5.93. The Morgan fingerprint density at radius 2 is 2.29 bits per heavy atom. The van der Waals surface area contributed by atoms with E-state index in [-0.39, 0.29) is 17.7 Å². The molecule has 0 aliphatic carbocycles. The molecule has 0 radical (unpaired) electrons. The Bertz CT molecular complexity index is 945. The van der Waals surface area contributed by atoms with Crippen molar-refractivity contribution < 1.29 is 18.7 Å². The molecule has 0 bridgehead atoms.